The molecule has 16 heavy (non-hydrogen) atoms. The van der Waals surface area contributed by atoms with Gasteiger partial charge in [-0.15, -0.1) is 11.3 Å². The Hall–Kier alpha value is -0.340. The fraction of sp³-hybridized carbons (Fsp3) is 0.714. The van der Waals surface area contributed by atoms with E-state index < -0.39 is 0 Å². The normalized spacial score (nSPS) is 18.4. The van der Waals surface area contributed by atoms with Gasteiger partial charge >= 0.3 is 0 Å². The highest BCUT2D eigenvalue weighted by Gasteiger charge is 2.19. The van der Waals surface area contributed by atoms with Crippen LogP contribution in [0, 0.1) is 5.92 Å². The van der Waals surface area contributed by atoms with Crippen molar-refractivity contribution in [3.63, 3.8) is 0 Å². The highest BCUT2D eigenvalue weighted by molar-refractivity contribution is 7.10. The fourth-order valence-electron chi connectivity index (χ4n) is 2.42. The predicted octanol–water partition coefficient (Wildman–Crippen LogP) is 3.98. The lowest BCUT2D eigenvalue weighted by Gasteiger charge is -2.28. The third-order valence-electron chi connectivity index (χ3n) is 3.74. The molecule has 1 fully saturated rings. The standard InChI is InChI=1S/C14H23NS/c1-3-13-7-8-16-14(13)10-15-11(2)9-12-5-4-6-12/h7-8,11-12,15H,3-6,9-10H2,1-2H3. The molecule has 1 unspecified atom stereocenters. The Kier molecular flexibility index (Phi) is 4.42. The molecule has 1 heterocycles. The lowest BCUT2D eigenvalue weighted by atomic mass is 9.81. The van der Waals surface area contributed by atoms with E-state index in [1.165, 1.54) is 36.1 Å². The number of thiophene rings is 1. The third-order valence-corrected chi connectivity index (χ3v) is 4.70. The molecule has 1 aromatic rings. The second-order valence-corrected chi connectivity index (χ2v) is 6.04. The Morgan fingerprint density at radius 1 is 1.50 bits per heavy atom. The molecular formula is C14H23NS. The minimum Gasteiger partial charge on any atom is -0.309 e. The van der Waals surface area contributed by atoms with E-state index in [4.69, 9.17) is 0 Å². The van der Waals surface area contributed by atoms with E-state index >= 15 is 0 Å². The number of rotatable bonds is 6. The van der Waals surface area contributed by atoms with E-state index in [-0.39, 0.29) is 0 Å². The van der Waals surface area contributed by atoms with E-state index in [2.05, 4.69) is 30.6 Å². The average Bonchev–Trinajstić information content (AvgIpc) is 2.68. The van der Waals surface area contributed by atoms with Crippen molar-refractivity contribution in [2.24, 2.45) is 5.92 Å². The zero-order valence-electron chi connectivity index (χ0n) is 10.5. The first kappa shape index (κ1) is 12.1. The van der Waals surface area contributed by atoms with Crippen LogP contribution in [-0.2, 0) is 13.0 Å². The topological polar surface area (TPSA) is 12.0 Å². The van der Waals surface area contributed by atoms with Gasteiger partial charge in [0.2, 0.25) is 0 Å². The maximum Gasteiger partial charge on any atom is 0.0304 e. The quantitative estimate of drug-likeness (QED) is 0.789. The zero-order chi connectivity index (χ0) is 11.4. The molecule has 0 radical (unpaired) electrons. The molecule has 0 amide bonds. The molecule has 1 aliphatic carbocycles. The molecule has 0 aromatic carbocycles. The van der Waals surface area contributed by atoms with Gasteiger partial charge in [0.05, 0.1) is 0 Å². The largest absolute Gasteiger partial charge is 0.309 e. The summed E-state index contributed by atoms with van der Waals surface area (Å²) in [5.41, 5.74) is 1.52. The summed E-state index contributed by atoms with van der Waals surface area (Å²) >= 11 is 1.89. The number of aryl methyl sites for hydroxylation is 1. The van der Waals surface area contributed by atoms with Gasteiger partial charge in [-0.1, -0.05) is 26.2 Å². The van der Waals surface area contributed by atoms with Crippen LogP contribution in [0.3, 0.4) is 0 Å². The molecule has 0 aliphatic heterocycles. The van der Waals surface area contributed by atoms with Crippen molar-refractivity contribution in [1.29, 1.82) is 0 Å². The molecule has 1 saturated carbocycles. The van der Waals surface area contributed by atoms with Crippen molar-refractivity contribution in [2.45, 2.75) is 58.5 Å². The van der Waals surface area contributed by atoms with Crippen LogP contribution in [0.1, 0.15) is 50.0 Å². The van der Waals surface area contributed by atoms with E-state index in [9.17, 15) is 0 Å². The third kappa shape index (κ3) is 3.08. The highest BCUT2D eigenvalue weighted by Crippen LogP contribution is 2.30. The van der Waals surface area contributed by atoms with Crippen LogP contribution >= 0.6 is 11.3 Å². The van der Waals surface area contributed by atoms with E-state index in [1.54, 1.807) is 0 Å². The molecular weight excluding hydrogens is 214 g/mol. The Balaban J connectivity index is 1.73. The van der Waals surface area contributed by atoms with Gasteiger partial charge in [0.1, 0.15) is 0 Å². The summed E-state index contributed by atoms with van der Waals surface area (Å²) in [7, 11) is 0. The molecule has 2 rings (SSSR count). The number of nitrogens with one attached hydrogen (secondary N) is 1. The summed E-state index contributed by atoms with van der Waals surface area (Å²) in [6.07, 6.45) is 6.92. The van der Waals surface area contributed by atoms with Crippen LogP contribution in [0.15, 0.2) is 11.4 Å². The number of hydrogen-bond donors (Lipinski definition) is 1. The van der Waals surface area contributed by atoms with Crippen LogP contribution in [0.2, 0.25) is 0 Å². The molecule has 1 N–H and O–H groups in total. The van der Waals surface area contributed by atoms with Gasteiger partial charge in [0.15, 0.2) is 0 Å². The minimum atomic E-state index is 0.678. The summed E-state index contributed by atoms with van der Waals surface area (Å²) in [6.45, 7) is 5.63. The van der Waals surface area contributed by atoms with E-state index in [1.807, 2.05) is 11.3 Å². The molecule has 1 atom stereocenters. The van der Waals surface area contributed by atoms with Crippen molar-refractivity contribution >= 4 is 11.3 Å². The second kappa shape index (κ2) is 5.83. The molecule has 2 heteroatoms. The first-order valence-corrected chi connectivity index (χ1v) is 7.46. The fourth-order valence-corrected chi connectivity index (χ4v) is 3.34. The molecule has 0 spiro atoms. The van der Waals surface area contributed by atoms with Gasteiger partial charge in [0, 0.05) is 17.5 Å². The smallest absolute Gasteiger partial charge is 0.0304 e. The van der Waals surface area contributed by atoms with Gasteiger partial charge in [-0.05, 0) is 42.7 Å². The molecule has 0 saturated heterocycles. The molecule has 1 aliphatic rings. The predicted molar refractivity (Wildman–Crippen MR) is 72.0 cm³/mol. The minimum absolute atomic E-state index is 0.678. The first-order chi connectivity index (χ1) is 7.79. The van der Waals surface area contributed by atoms with E-state index in [0.29, 0.717) is 6.04 Å². The van der Waals surface area contributed by atoms with Crippen molar-refractivity contribution in [3.8, 4) is 0 Å². The molecule has 1 nitrogen and oxygen atoms in total. The molecule has 90 valence electrons. The van der Waals surface area contributed by atoms with Crippen molar-refractivity contribution < 1.29 is 0 Å². The monoisotopic (exact) mass is 237 g/mol. The Morgan fingerprint density at radius 2 is 2.31 bits per heavy atom. The second-order valence-electron chi connectivity index (χ2n) is 5.04. The van der Waals surface area contributed by atoms with Crippen LogP contribution < -0.4 is 5.32 Å². The summed E-state index contributed by atoms with van der Waals surface area (Å²) in [5, 5.41) is 5.88. The Bertz CT molecular complexity index is 314. The van der Waals surface area contributed by atoms with Gasteiger partial charge in [-0.3, -0.25) is 0 Å². The van der Waals surface area contributed by atoms with Crippen molar-refractivity contribution in [1.82, 2.24) is 5.32 Å². The Labute approximate surface area is 103 Å². The molecule has 0 bridgehead atoms. The van der Waals surface area contributed by atoms with Crippen molar-refractivity contribution in [2.75, 3.05) is 0 Å². The maximum atomic E-state index is 3.67. The maximum absolute atomic E-state index is 3.67. The first-order valence-electron chi connectivity index (χ1n) is 6.58. The van der Waals surface area contributed by atoms with Crippen LogP contribution in [0.5, 0.6) is 0 Å². The molecule has 1 aromatic heterocycles. The Morgan fingerprint density at radius 3 is 2.94 bits per heavy atom. The van der Waals surface area contributed by atoms with E-state index in [0.717, 1.165) is 18.9 Å². The van der Waals surface area contributed by atoms with Gasteiger partial charge in [-0.2, -0.15) is 0 Å². The average molecular weight is 237 g/mol. The van der Waals surface area contributed by atoms with Gasteiger partial charge < -0.3 is 5.32 Å². The van der Waals surface area contributed by atoms with Crippen molar-refractivity contribution in [3.05, 3.63) is 21.9 Å². The summed E-state index contributed by atoms with van der Waals surface area (Å²) in [6, 6.07) is 2.94. The lowest BCUT2D eigenvalue weighted by molar-refractivity contribution is 0.265. The summed E-state index contributed by atoms with van der Waals surface area (Å²) in [4.78, 5) is 1.53. The van der Waals surface area contributed by atoms with Crippen LogP contribution in [-0.4, -0.2) is 6.04 Å². The summed E-state index contributed by atoms with van der Waals surface area (Å²) in [5.74, 6) is 1.01. The SMILES string of the molecule is CCc1ccsc1CNC(C)CC1CCC1. The highest BCUT2D eigenvalue weighted by atomic mass is 32.1. The van der Waals surface area contributed by atoms with Crippen LogP contribution in [0.25, 0.3) is 0 Å². The summed E-state index contributed by atoms with van der Waals surface area (Å²) < 4.78 is 0. The zero-order valence-corrected chi connectivity index (χ0v) is 11.3. The van der Waals surface area contributed by atoms with Gasteiger partial charge in [-0.25, -0.2) is 0 Å². The number of hydrogen-bond acceptors (Lipinski definition) is 2. The van der Waals surface area contributed by atoms with Gasteiger partial charge in [0.25, 0.3) is 0 Å². The van der Waals surface area contributed by atoms with Crippen LogP contribution in [0.4, 0.5) is 0 Å². The lowest BCUT2D eigenvalue weighted by Crippen LogP contribution is -2.29.